The van der Waals surface area contributed by atoms with Crippen LogP contribution in [0.15, 0.2) is 6.07 Å². The van der Waals surface area contributed by atoms with Crippen molar-refractivity contribution in [3.63, 3.8) is 0 Å². The smallest absolute Gasteiger partial charge is 0.238 e. The molecule has 9 heteroatoms. The number of halogens is 4. The standard InChI is InChI=1S/C17H23Cl4N3O2/c1-23(5-2-8-25)11-3-6-24(7-4-11)10-14(26)22-17-15(20)12(18)9-13(19)16(17)21/h9,11,25H,2-8,10H2,1H3,(H,22,26). The Balaban J connectivity index is 1.87. The Labute approximate surface area is 174 Å². The number of carbonyl (C=O) groups excluding carboxylic acids is 1. The Morgan fingerprint density at radius 1 is 1.23 bits per heavy atom. The van der Waals surface area contributed by atoms with E-state index in [-0.39, 0.29) is 44.8 Å². The molecule has 1 aromatic carbocycles. The van der Waals surface area contributed by atoms with Gasteiger partial charge in [-0.3, -0.25) is 9.69 Å². The van der Waals surface area contributed by atoms with Gasteiger partial charge in [0.05, 0.1) is 32.3 Å². The third-order valence-corrected chi connectivity index (χ3v) is 6.17. The number of nitrogens with one attached hydrogen (secondary N) is 1. The van der Waals surface area contributed by atoms with Gasteiger partial charge in [0.25, 0.3) is 0 Å². The number of amides is 1. The van der Waals surface area contributed by atoms with Gasteiger partial charge in [0, 0.05) is 32.3 Å². The SMILES string of the molecule is CN(CCCO)C1CCN(CC(=O)Nc2c(Cl)c(Cl)cc(Cl)c2Cl)CC1. The van der Waals surface area contributed by atoms with E-state index in [0.717, 1.165) is 38.9 Å². The summed E-state index contributed by atoms with van der Waals surface area (Å²) in [5, 5.41) is 12.5. The van der Waals surface area contributed by atoms with E-state index in [1.54, 1.807) is 0 Å². The lowest BCUT2D eigenvalue weighted by molar-refractivity contribution is -0.117. The van der Waals surface area contributed by atoms with Crippen molar-refractivity contribution in [2.24, 2.45) is 0 Å². The molecule has 146 valence electrons. The van der Waals surface area contributed by atoms with Crippen LogP contribution in [0, 0.1) is 0 Å². The molecule has 1 heterocycles. The Kier molecular flexibility index (Phi) is 8.74. The third-order valence-electron chi connectivity index (χ3n) is 4.59. The van der Waals surface area contributed by atoms with Crippen molar-refractivity contribution in [2.45, 2.75) is 25.3 Å². The lowest BCUT2D eigenvalue weighted by Crippen LogP contribution is -2.45. The summed E-state index contributed by atoms with van der Waals surface area (Å²) in [5.41, 5.74) is 0.245. The normalized spacial score (nSPS) is 16.3. The number of carbonyl (C=O) groups is 1. The topological polar surface area (TPSA) is 55.8 Å². The van der Waals surface area contributed by atoms with Crippen LogP contribution in [-0.4, -0.2) is 66.7 Å². The molecule has 2 rings (SSSR count). The van der Waals surface area contributed by atoms with Gasteiger partial charge in [-0.05, 0) is 32.4 Å². The Bertz CT molecular complexity index is 611. The summed E-state index contributed by atoms with van der Waals surface area (Å²) in [7, 11) is 2.08. The van der Waals surface area contributed by atoms with Crippen LogP contribution in [0.1, 0.15) is 19.3 Å². The van der Waals surface area contributed by atoms with Gasteiger partial charge in [0.2, 0.25) is 5.91 Å². The third kappa shape index (κ3) is 5.86. The highest BCUT2D eigenvalue weighted by molar-refractivity contribution is 6.50. The van der Waals surface area contributed by atoms with Crippen molar-refractivity contribution in [3.05, 3.63) is 26.2 Å². The van der Waals surface area contributed by atoms with Crippen molar-refractivity contribution in [1.29, 1.82) is 0 Å². The van der Waals surface area contributed by atoms with Crippen molar-refractivity contribution < 1.29 is 9.90 Å². The van der Waals surface area contributed by atoms with Crippen molar-refractivity contribution in [3.8, 4) is 0 Å². The quantitative estimate of drug-likeness (QED) is 0.626. The summed E-state index contributed by atoms with van der Waals surface area (Å²) in [4.78, 5) is 16.7. The molecule has 0 spiro atoms. The first-order valence-electron chi connectivity index (χ1n) is 8.49. The van der Waals surface area contributed by atoms with E-state index in [0.29, 0.717) is 6.04 Å². The Hall–Kier alpha value is -0.270. The van der Waals surface area contributed by atoms with Gasteiger partial charge in [0.15, 0.2) is 0 Å². The molecule has 1 aliphatic rings. The largest absolute Gasteiger partial charge is 0.396 e. The minimum absolute atomic E-state index is 0.179. The summed E-state index contributed by atoms with van der Waals surface area (Å²) in [5.74, 6) is -0.209. The number of hydrogen-bond acceptors (Lipinski definition) is 4. The number of piperidine rings is 1. The number of hydrogen-bond donors (Lipinski definition) is 2. The molecule has 0 aliphatic carbocycles. The van der Waals surface area contributed by atoms with Gasteiger partial charge < -0.3 is 15.3 Å². The molecule has 0 saturated carbocycles. The van der Waals surface area contributed by atoms with Crippen LogP contribution in [0.25, 0.3) is 0 Å². The molecule has 2 N–H and O–H groups in total. The second-order valence-electron chi connectivity index (χ2n) is 6.46. The van der Waals surface area contributed by atoms with Gasteiger partial charge in [-0.25, -0.2) is 0 Å². The summed E-state index contributed by atoms with van der Waals surface area (Å²) < 4.78 is 0. The number of benzene rings is 1. The molecule has 26 heavy (non-hydrogen) atoms. The number of aliphatic hydroxyl groups is 1. The van der Waals surface area contributed by atoms with Crippen LogP contribution in [0.2, 0.25) is 20.1 Å². The fourth-order valence-corrected chi connectivity index (χ4v) is 3.99. The fraction of sp³-hybridized carbons (Fsp3) is 0.588. The number of anilines is 1. The highest BCUT2D eigenvalue weighted by Gasteiger charge is 2.24. The summed E-state index contributed by atoms with van der Waals surface area (Å²) in [6, 6.07) is 1.93. The maximum absolute atomic E-state index is 12.4. The number of likely N-dealkylation sites (tertiary alicyclic amines) is 1. The molecule has 5 nitrogen and oxygen atoms in total. The predicted octanol–water partition coefficient (Wildman–Crippen LogP) is 4.02. The minimum Gasteiger partial charge on any atom is -0.396 e. The Morgan fingerprint density at radius 2 is 1.81 bits per heavy atom. The van der Waals surface area contributed by atoms with Gasteiger partial charge in [-0.15, -0.1) is 0 Å². The zero-order valence-corrected chi connectivity index (χ0v) is 17.6. The molecular weight excluding hydrogens is 420 g/mol. The van der Waals surface area contributed by atoms with E-state index in [1.807, 2.05) is 0 Å². The van der Waals surface area contributed by atoms with Gasteiger partial charge in [-0.1, -0.05) is 46.4 Å². The highest BCUT2D eigenvalue weighted by atomic mass is 35.5. The molecular formula is C17H23Cl4N3O2. The van der Waals surface area contributed by atoms with Gasteiger partial charge >= 0.3 is 0 Å². The van der Waals surface area contributed by atoms with Crippen LogP contribution in [-0.2, 0) is 4.79 Å². The van der Waals surface area contributed by atoms with E-state index in [9.17, 15) is 4.79 Å². The van der Waals surface area contributed by atoms with Crippen molar-refractivity contribution in [2.75, 3.05) is 45.2 Å². The summed E-state index contributed by atoms with van der Waals surface area (Å²) in [6.07, 6.45) is 2.75. The lowest BCUT2D eigenvalue weighted by atomic mass is 10.0. The van der Waals surface area contributed by atoms with E-state index in [2.05, 4.69) is 22.2 Å². The maximum atomic E-state index is 12.4. The Morgan fingerprint density at radius 3 is 2.35 bits per heavy atom. The van der Waals surface area contributed by atoms with Crippen molar-refractivity contribution in [1.82, 2.24) is 9.80 Å². The highest BCUT2D eigenvalue weighted by Crippen LogP contribution is 2.41. The molecule has 1 aliphatic heterocycles. The average Bonchev–Trinajstić information content (AvgIpc) is 2.62. The van der Waals surface area contributed by atoms with Crippen LogP contribution in [0.4, 0.5) is 5.69 Å². The van der Waals surface area contributed by atoms with Crippen LogP contribution >= 0.6 is 46.4 Å². The van der Waals surface area contributed by atoms with E-state index in [4.69, 9.17) is 51.5 Å². The zero-order valence-electron chi connectivity index (χ0n) is 14.6. The predicted molar refractivity (Wildman–Crippen MR) is 109 cm³/mol. The van der Waals surface area contributed by atoms with Gasteiger partial charge in [0.1, 0.15) is 0 Å². The molecule has 0 unspecified atom stereocenters. The second-order valence-corrected chi connectivity index (χ2v) is 8.03. The first-order chi connectivity index (χ1) is 12.3. The first-order valence-corrected chi connectivity index (χ1v) is 10.0. The molecule has 1 aromatic rings. The maximum Gasteiger partial charge on any atom is 0.238 e. The zero-order chi connectivity index (χ0) is 19.3. The number of rotatable bonds is 7. The summed E-state index contributed by atoms with van der Waals surface area (Å²) in [6.45, 7) is 3.01. The monoisotopic (exact) mass is 441 g/mol. The second kappa shape index (κ2) is 10.3. The number of nitrogens with zero attached hydrogens (tertiary/aromatic N) is 2. The van der Waals surface area contributed by atoms with Crippen LogP contribution in [0.5, 0.6) is 0 Å². The van der Waals surface area contributed by atoms with E-state index >= 15 is 0 Å². The molecule has 1 saturated heterocycles. The van der Waals surface area contributed by atoms with E-state index < -0.39 is 0 Å². The first kappa shape index (κ1) is 22.0. The molecule has 0 atom stereocenters. The summed E-state index contributed by atoms with van der Waals surface area (Å²) >= 11 is 24.2. The lowest BCUT2D eigenvalue weighted by Gasteiger charge is -2.36. The molecule has 1 fully saturated rings. The van der Waals surface area contributed by atoms with Crippen LogP contribution in [0.3, 0.4) is 0 Å². The molecule has 1 amide bonds. The number of aliphatic hydroxyl groups excluding tert-OH is 1. The van der Waals surface area contributed by atoms with Crippen molar-refractivity contribution >= 4 is 58.0 Å². The fourth-order valence-electron chi connectivity index (χ4n) is 3.09. The molecule has 0 bridgehead atoms. The molecule has 0 aromatic heterocycles. The van der Waals surface area contributed by atoms with Crippen LogP contribution < -0.4 is 5.32 Å². The minimum atomic E-state index is -0.209. The molecule has 0 radical (unpaired) electrons. The van der Waals surface area contributed by atoms with Gasteiger partial charge in [-0.2, -0.15) is 0 Å². The van der Waals surface area contributed by atoms with E-state index in [1.165, 1.54) is 6.07 Å². The average molecular weight is 443 g/mol.